The average Bonchev–Trinajstić information content (AvgIpc) is 2.94. The molecule has 8 heteroatoms. The van der Waals surface area contributed by atoms with Gasteiger partial charge in [-0.15, -0.1) is 11.3 Å². The van der Waals surface area contributed by atoms with Crippen molar-refractivity contribution < 1.29 is 0 Å². The third kappa shape index (κ3) is 3.08. The fourth-order valence-corrected chi connectivity index (χ4v) is 5.04. The molecule has 0 unspecified atom stereocenters. The number of thiophene rings is 1. The normalized spacial score (nSPS) is 11.5. The molecule has 0 aromatic carbocycles. The molecule has 0 amide bonds. The molecule has 6 nitrogen and oxygen atoms in total. The maximum Gasteiger partial charge on any atom is 0.263 e. The molecule has 138 valence electrons. The van der Waals surface area contributed by atoms with E-state index < -0.39 is 0 Å². The van der Waals surface area contributed by atoms with Gasteiger partial charge in [-0.25, -0.2) is 9.97 Å². The molecule has 0 N–H and O–H groups in total. The number of fused-ring (bicyclic) bond motifs is 2. The quantitative estimate of drug-likeness (QED) is 0.389. The first-order chi connectivity index (χ1) is 13.0. The molecule has 0 saturated heterocycles. The number of hydrogen-bond donors (Lipinski definition) is 0. The van der Waals surface area contributed by atoms with Gasteiger partial charge in [0, 0.05) is 29.4 Å². The van der Waals surface area contributed by atoms with Crippen molar-refractivity contribution in [1.82, 2.24) is 18.9 Å². The zero-order valence-corrected chi connectivity index (χ0v) is 16.9. The molecule has 0 bridgehead atoms. The Kier molecular flexibility index (Phi) is 4.61. The summed E-state index contributed by atoms with van der Waals surface area (Å²) in [5.74, 6) is 0.474. The van der Waals surface area contributed by atoms with Crippen molar-refractivity contribution in [2.75, 3.05) is 0 Å². The molecular formula is C19H18N4O2S2. The second-order valence-electron chi connectivity index (χ2n) is 6.21. The number of thioether (sulfide) groups is 1. The summed E-state index contributed by atoms with van der Waals surface area (Å²) in [5.41, 5.74) is 2.18. The van der Waals surface area contributed by atoms with Gasteiger partial charge in [0.2, 0.25) is 0 Å². The van der Waals surface area contributed by atoms with Gasteiger partial charge >= 0.3 is 0 Å². The van der Waals surface area contributed by atoms with Crippen molar-refractivity contribution in [3.63, 3.8) is 0 Å². The molecule has 0 aliphatic heterocycles. The standard InChI is InChI=1S/C19H18N4O2S2/c1-4-22-18(25)16-11(2)12(3)27-17(16)21-19(22)26-10-13-9-15(24)23-8-6-5-7-14(23)20-13/h5-9H,4,10H2,1-3H3. The van der Waals surface area contributed by atoms with Crippen LogP contribution in [0.4, 0.5) is 0 Å². The van der Waals surface area contributed by atoms with E-state index in [1.165, 1.54) is 22.2 Å². The van der Waals surface area contributed by atoms with Crippen LogP contribution >= 0.6 is 23.1 Å². The van der Waals surface area contributed by atoms with Gasteiger partial charge in [0.15, 0.2) is 5.16 Å². The molecule has 0 saturated carbocycles. The molecule has 0 aliphatic carbocycles. The molecule has 27 heavy (non-hydrogen) atoms. The maximum atomic E-state index is 12.9. The van der Waals surface area contributed by atoms with Crippen LogP contribution in [0.2, 0.25) is 0 Å². The number of hydrogen-bond acceptors (Lipinski definition) is 6. The summed E-state index contributed by atoms with van der Waals surface area (Å²) in [6.07, 6.45) is 1.70. The first-order valence-corrected chi connectivity index (χ1v) is 10.4. The summed E-state index contributed by atoms with van der Waals surface area (Å²) in [6.45, 7) is 6.47. The highest BCUT2D eigenvalue weighted by atomic mass is 32.2. The molecule has 0 aliphatic rings. The van der Waals surface area contributed by atoms with Crippen LogP contribution in [0.25, 0.3) is 15.9 Å². The Labute approximate surface area is 163 Å². The second-order valence-corrected chi connectivity index (χ2v) is 8.36. The third-order valence-corrected chi connectivity index (χ3v) is 6.65. The van der Waals surface area contributed by atoms with Crippen molar-refractivity contribution in [2.24, 2.45) is 0 Å². The van der Waals surface area contributed by atoms with Crippen LogP contribution in [-0.2, 0) is 12.3 Å². The highest BCUT2D eigenvalue weighted by molar-refractivity contribution is 7.98. The van der Waals surface area contributed by atoms with Crippen LogP contribution in [0, 0.1) is 13.8 Å². The van der Waals surface area contributed by atoms with Crippen molar-refractivity contribution in [3.8, 4) is 0 Å². The Morgan fingerprint density at radius 3 is 2.78 bits per heavy atom. The summed E-state index contributed by atoms with van der Waals surface area (Å²) in [5, 5.41) is 1.37. The number of rotatable bonds is 4. The van der Waals surface area contributed by atoms with Gasteiger partial charge in [0.25, 0.3) is 11.1 Å². The van der Waals surface area contributed by atoms with Crippen LogP contribution in [0.15, 0.2) is 45.2 Å². The van der Waals surface area contributed by atoms with Crippen molar-refractivity contribution in [3.05, 3.63) is 67.3 Å². The number of aryl methyl sites for hydroxylation is 2. The van der Waals surface area contributed by atoms with Gasteiger partial charge in [0.05, 0.1) is 11.1 Å². The minimum atomic E-state index is -0.114. The summed E-state index contributed by atoms with van der Waals surface area (Å²) in [7, 11) is 0. The summed E-state index contributed by atoms with van der Waals surface area (Å²) in [6, 6.07) is 6.99. The van der Waals surface area contributed by atoms with E-state index in [4.69, 9.17) is 4.98 Å². The molecule has 0 fully saturated rings. The fourth-order valence-electron chi connectivity index (χ4n) is 3.01. The molecule has 0 radical (unpaired) electrons. The van der Waals surface area contributed by atoms with E-state index in [2.05, 4.69) is 4.98 Å². The van der Waals surface area contributed by atoms with Crippen LogP contribution in [-0.4, -0.2) is 18.9 Å². The van der Waals surface area contributed by atoms with Crippen LogP contribution < -0.4 is 11.1 Å². The highest BCUT2D eigenvalue weighted by Crippen LogP contribution is 2.29. The predicted octanol–water partition coefficient (Wildman–Crippen LogP) is 3.39. The number of aromatic nitrogens is 4. The molecule has 4 rings (SSSR count). The van der Waals surface area contributed by atoms with E-state index >= 15 is 0 Å². The molecule has 0 spiro atoms. The van der Waals surface area contributed by atoms with E-state index in [0.29, 0.717) is 34.2 Å². The van der Waals surface area contributed by atoms with Crippen molar-refractivity contribution >= 4 is 39.0 Å². The lowest BCUT2D eigenvalue weighted by atomic mass is 10.2. The molecule has 4 heterocycles. The van der Waals surface area contributed by atoms with Crippen LogP contribution in [0.5, 0.6) is 0 Å². The average molecular weight is 399 g/mol. The van der Waals surface area contributed by atoms with Gasteiger partial charge in [0.1, 0.15) is 10.5 Å². The fraction of sp³-hybridized carbons (Fsp3) is 0.263. The first kappa shape index (κ1) is 17.9. The molecular weight excluding hydrogens is 380 g/mol. The van der Waals surface area contributed by atoms with E-state index in [1.807, 2.05) is 26.8 Å². The van der Waals surface area contributed by atoms with Crippen LogP contribution in [0.1, 0.15) is 23.1 Å². The summed E-state index contributed by atoms with van der Waals surface area (Å²) in [4.78, 5) is 36.3. The maximum absolute atomic E-state index is 12.9. The van der Waals surface area contributed by atoms with E-state index in [0.717, 1.165) is 15.3 Å². The lowest BCUT2D eigenvalue weighted by Gasteiger charge is -2.10. The molecule has 4 aromatic heterocycles. The van der Waals surface area contributed by atoms with E-state index in [1.54, 1.807) is 34.2 Å². The van der Waals surface area contributed by atoms with Crippen molar-refractivity contribution in [1.29, 1.82) is 0 Å². The SMILES string of the molecule is CCn1c(SCc2cc(=O)n3ccccc3n2)nc2sc(C)c(C)c2c1=O. The Morgan fingerprint density at radius 2 is 2.00 bits per heavy atom. The Balaban J connectivity index is 1.74. The minimum Gasteiger partial charge on any atom is -0.287 e. The third-order valence-electron chi connectivity index (χ3n) is 4.54. The summed E-state index contributed by atoms with van der Waals surface area (Å²) < 4.78 is 3.21. The lowest BCUT2D eigenvalue weighted by molar-refractivity contribution is 0.635. The minimum absolute atomic E-state index is 0.00149. The van der Waals surface area contributed by atoms with Crippen molar-refractivity contribution in [2.45, 2.75) is 38.2 Å². The Morgan fingerprint density at radius 1 is 1.19 bits per heavy atom. The zero-order chi connectivity index (χ0) is 19.1. The van der Waals surface area contributed by atoms with E-state index in [9.17, 15) is 9.59 Å². The highest BCUT2D eigenvalue weighted by Gasteiger charge is 2.16. The Hall–Kier alpha value is -2.45. The van der Waals surface area contributed by atoms with E-state index in [-0.39, 0.29) is 11.1 Å². The topological polar surface area (TPSA) is 69.3 Å². The zero-order valence-electron chi connectivity index (χ0n) is 15.2. The molecule has 4 aromatic rings. The lowest BCUT2D eigenvalue weighted by Crippen LogP contribution is -2.22. The predicted molar refractivity (Wildman–Crippen MR) is 110 cm³/mol. The van der Waals surface area contributed by atoms with Gasteiger partial charge < -0.3 is 0 Å². The monoisotopic (exact) mass is 398 g/mol. The first-order valence-electron chi connectivity index (χ1n) is 8.60. The van der Waals surface area contributed by atoms with Crippen LogP contribution in [0.3, 0.4) is 0 Å². The smallest absolute Gasteiger partial charge is 0.263 e. The Bertz CT molecular complexity index is 1290. The number of nitrogens with zero attached hydrogens (tertiary/aromatic N) is 4. The van der Waals surface area contributed by atoms with Gasteiger partial charge in [-0.1, -0.05) is 17.8 Å². The van der Waals surface area contributed by atoms with Gasteiger partial charge in [-0.05, 0) is 38.5 Å². The molecule has 0 atom stereocenters. The van der Waals surface area contributed by atoms with Gasteiger partial charge in [-0.3, -0.25) is 18.6 Å². The number of pyridine rings is 1. The summed E-state index contributed by atoms with van der Waals surface area (Å²) >= 11 is 2.98. The second kappa shape index (κ2) is 6.94. The largest absolute Gasteiger partial charge is 0.287 e. The van der Waals surface area contributed by atoms with Gasteiger partial charge in [-0.2, -0.15) is 0 Å².